The maximum Gasteiger partial charge on any atom is 0.220 e. The lowest BCUT2D eigenvalue weighted by atomic mass is 9.84. The minimum absolute atomic E-state index is 0.0452. The standard InChI is InChI=1S/C33H46N2O3/c1-24(2)33(37)29-12-11-27-18-21-35(22-19-28(27)23-29)20-17-26-7-13-30(14-8-26)34-32(36)6-4-5-25-9-15-31(38-3)16-10-25/h9-12,15-16,23-24,26,30H,4-8,13-14,17-22H2,1-3H3,(H,34,36)/t26-,30-. The van der Waals surface area contributed by atoms with Crippen molar-refractivity contribution in [1.82, 2.24) is 10.2 Å². The second-order valence-electron chi connectivity index (χ2n) is 11.6. The first-order chi connectivity index (χ1) is 18.4. The van der Waals surface area contributed by atoms with Crippen molar-refractivity contribution in [3.63, 3.8) is 0 Å². The fourth-order valence-electron chi connectivity index (χ4n) is 5.99. The predicted octanol–water partition coefficient (Wildman–Crippen LogP) is 6.02. The summed E-state index contributed by atoms with van der Waals surface area (Å²) < 4.78 is 5.21. The van der Waals surface area contributed by atoms with Crippen molar-refractivity contribution in [3.05, 3.63) is 64.7 Å². The summed E-state index contributed by atoms with van der Waals surface area (Å²) in [6.07, 6.45) is 10.4. The third-order valence-corrected chi connectivity index (χ3v) is 8.50. The van der Waals surface area contributed by atoms with Crippen molar-refractivity contribution in [3.8, 4) is 5.75 Å². The largest absolute Gasteiger partial charge is 0.497 e. The highest BCUT2D eigenvalue weighted by Gasteiger charge is 2.23. The quantitative estimate of drug-likeness (QED) is 0.370. The summed E-state index contributed by atoms with van der Waals surface area (Å²) in [7, 11) is 1.68. The van der Waals surface area contributed by atoms with Gasteiger partial charge >= 0.3 is 0 Å². The Labute approximate surface area is 229 Å². The zero-order chi connectivity index (χ0) is 26.9. The van der Waals surface area contributed by atoms with Crippen LogP contribution in [0.5, 0.6) is 5.75 Å². The second kappa shape index (κ2) is 13.9. The van der Waals surface area contributed by atoms with Crippen LogP contribution < -0.4 is 10.1 Å². The third kappa shape index (κ3) is 8.17. The fraction of sp³-hybridized carbons (Fsp3) is 0.576. The number of methoxy groups -OCH3 is 1. The van der Waals surface area contributed by atoms with Crippen molar-refractivity contribution < 1.29 is 14.3 Å². The number of fused-ring (bicyclic) bond motifs is 1. The SMILES string of the molecule is COc1ccc(CCCC(=O)N[C@H]2CC[C@H](CCN3CCc4ccc(C(=O)C(C)C)cc4CC3)CC2)cc1. The topological polar surface area (TPSA) is 58.6 Å². The Morgan fingerprint density at radius 2 is 1.68 bits per heavy atom. The summed E-state index contributed by atoms with van der Waals surface area (Å²) in [5.41, 5.74) is 4.89. The number of amides is 1. The van der Waals surface area contributed by atoms with Crippen molar-refractivity contribution in [2.45, 2.75) is 84.1 Å². The first kappa shape index (κ1) is 28.4. The summed E-state index contributed by atoms with van der Waals surface area (Å²) in [6, 6.07) is 14.8. The Morgan fingerprint density at radius 1 is 0.974 bits per heavy atom. The van der Waals surface area contributed by atoms with E-state index >= 15 is 0 Å². The molecule has 2 aliphatic rings. The van der Waals surface area contributed by atoms with E-state index in [9.17, 15) is 9.59 Å². The van der Waals surface area contributed by atoms with Gasteiger partial charge in [-0.25, -0.2) is 0 Å². The van der Waals surface area contributed by atoms with Crippen molar-refractivity contribution >= 4 is 11.7 Å². The molecule has 1 heterocycles. The maximum absolute atomic E-state index is 12.5. The van der Waals surface area contributed by atoms with Crippen LogP contribution in [0.2, 0.25) is 0 Å². The van der Waals surface area contributed by atoms with Gasteiger partial charge in [0.05, 0.1) is 7.11 Å². The molecule has 1 amide bonds. The zero-order valence-electron chi connectivity index (χ0n) is 23.6. The van der Waals surface area contributed by atoms with Gasteiger partial charge in [0, 0.05) is 37.0 Å². The predicted molar refractivity (Wildman–Crippen MR) is 154 cm³/mol. The highest BCUT2D eigenvalue weighted by atomic mass is 16.5. The smallest absolute Gasteiger partial charge is 0.220 e. The zero-order valence-corrected chi connectivity index (χ0v) is 23.6. The average molecular weight is 519 g/mol. The van der Waals surface area contributed by atoms with E-state index in [2.05, 4.69) is 34.5 Å². The number of Topliss-reactive ketones (excluding diaryl/α,β-unsaturated/α-hetero) is 1. The van der Waals surface area contributed by atoms with Crippen molar-refractivity contribution in [1.29, 1.82) is 0 Å². The number of ether oxygens (including phenoxy) is 1. The van der Waals surface area contributed by atoms with Gasteiger partial charge in [0.2, 0.25) is 5.91 Å². The van der Waals surface area contributed by atoms with Crippen molar-refractivity contribution in [2.75, 3.05) is 26.7 Å². The number of aryl methyl sites for hydroxylation is 1. The van der Waals surface area contributed by atoms with Gasteiger partial charge in [-0.15, -0.1) is 0 Å². The highest BCUT2D eigenvalue weighted by Crippen LogP contribution is 2.28. The van der Waals surface area contributed by atoms with E-state index in [0.29, 0.717) is 12.5 Å². The molecule has 0 aromatic heterocycles. The van der Waals surface area contributed by atoms with Gasteiger partial charge in [0.1, 0.15) is 5.75 Å². The number of nitrogens with zero attached hydrogens (tertiary/aromatic N) is 1. The summed E-state index contributed by atoms with van der Waals surface area (Å²) in [5, 5.41) is 3.29. The number of rotatable bonds is 11. The number of hydrogen-bond acceptors (Lipinski definition) is 4. The Morgan fingerprint density at radius 3 is 2.37 bits per heavy atom. The molecule has 0 bridgehead atoms. The summed E-state index contributed by atoms with van der Waals surface area (Å²) in [6.45, 7) is 7.28. The van der Waals surface area contributed by atoms with Crippen LogP contribution >= 0.6 is 0 Å². The molecule has 5 heteroatoms. The molecular formula is C33H46N2O3. The monoisotopic (exact) mass is 518 g/mol. The van der Waals surface area contributed by atoms with Crippen LogP contribution in [0.1, 0.15) is 85.8 Å². The van der Waals surface area contributed by atoms with Gasteiger partial charge in [0.25, 0.3) is 0 Å². The molecule has 1 aliphatic heterocycles. The van der Waals surface area contributed by atoms with Gasteiger partial charge < -0.3 is 15.0 Å². The molecule has 0 atom stereocenters. The normalized spacial score (nSPS) is 20.0. The molecule has 2 aromatic carbocycles. The van der Waals surface area contributed by atoms with E-state index in [1.54, 1.807) is 7.11 Å². The minimum Gasteiger partial charge on any atom is -0.497 e. The van der Waals surface area contributed by atoms with Crippen LogP contribution in [0, 0.1) is 11.8 Å². The average Bonchev–Trinajstić information content (AvgIpc) is 3.14. The summed E-state index contributed by atoms with van der Waals surface area (Å²) in [5.74, 6) is 2.12. The molecule has 1 aliphatic carbocycles. The second-order valence-corrected chi connectivity index (χ2v) is 11.6. The molecule has 0 saturated heterocycles. The number of ketones is 1. The Bertz CT molecular complexity index is 1050. The number of carbonyl (C=O) groups excluding carboxylic acids is 2. The molecule has 1 N–H and O–H groups in total. The van der Waals surface area contributed by atoms with Crippen LogP contribution in [-0.2, 0) is 24.1 Å². The van der Waals surface area contributed by atoms with E-state index in [0.717, 1.165) is 75.4 Å². The Balaban J connectivity index is 1.12. The molecule has 1 saturated carbocycles. The number of hydrogen-bond donors (Lipinski definition) is 1. The van der Waals surface area contributed by atoms with Gasteiger partial charge in [-0.1, -0.05) is 38.1 Å². The van der Waals surface area contributed by atoms with Crippen LogP contribution in [0.3, 0.4) is 0 Å². The number of nitrogens with one attached hydrogen (secondary N) is 1. The van der Waals surface area contributed by atoms with Gasteiger partial charge in [-0.05, 0) is 105 Å². The number of carbonyl (C=O) groups is 2. The molecule has 0 radical (unpaired) electrons. The van der Waals surface area contributed by atoms with Gasteiger partial charge in [-0.2, -0.15) is 0 Å². The molecule has 38 heavy (non-hydrogen) atoms. The van der Waals surface area contributed by atoms with Gasteiger partial charge in [-0.3, -0.25) is 9.59 Å². The molecule has 1 fully saturated rings. The molecule has 5 nitrogen and oxygen atoms in total. The lowest BCUT2D eigenvalue weighted by molar-refractivity contribution is -0.122. The molecule has 206 valence electrons. The molecule has 4 rings (SSSR count). The summed E-state index contributed by atoms with van der Waals surface area (Å²) >= 11 is 0. The van der Waals surface area contributed by atoms with Gasteiger partial charge in [0.15, 0.2) is 5.78 Å². The van der Waals surface area contributed by atoms with Crippen LogP contribution in [0.4, 0.5) is 0 Å². The van der Waals surface area contributed by atoms with E-state index in [1.165, 1.54) is 36.0 Å². The third-order valence-electron chi connectivity index (χ3n) is 8.50. The lowest BCUT2D eigenvalue weighted by Gasteiger charge is -2.30. The van der Waals surface area contributed by atoms with Crippen LogP contribution in [0.15, 0.2) is 42.5 Å². The Kier molecular flexibility index (Phi) is 10.4. The molecule has 2 aromatic rings. The van der Waals surface area contributed by atoms with E-state index in [1.807, 2.05) is 32.0 Å². The van der Waals surface area contributed by atoms with Crippen LogP contribution in [0.25, 0.3) is 0 Å². The number of benzene rings is 2. The first-order valence-corrected chi connectivity index (χ1v) is 14.7. The highest BCUT2D eigenvalue weighted by molar-refractivity contribution is 5.97. The minimum atomic E-state index is 0.0452. The van der Waals surface area contributed by atoms with E-state index in [-0.39, 0.29) is 17.6 Å². The summed E-state index contributed by atoms with van der Waals surface area (Å²) in [4.78, 5) is 27.5. The Hall–Kier alpha value is -2.66. The van der Waals surface area contributed by atoms with Crippen molar-refractivity contribution in [2.24, 2.45) is 11.8 Å². The van der Waals surface area contributed by atoms with Crippen LogP contribution in [-0.4, -0.2) is 49.4 Å². The first-order valence-electron chi connectivity index (χ1n) is 14.7. The lowest BCUT2D eigenvalue weighted by Crippen LogP contribution is -2.38. The molecular weight excluding hydrogens is 472 g/mol. The molecule has 0 unspecified atom stereocenters. The van der Waals surface area contributed by atoms with E-state index < -0.39 is 0 Å². The molecule has 0 spiro atoms. The fourth-order valence-corrected chi connectivity index (χ4v) is 5.99. The van der Waals surface area contributed by atoms with E-state index in [4.69, 9.17) is 4.74 Å². The maximum atomic E-state index is 12.5.